The summed E-state index contributed by atoms with van der Waals surface area (Å²) < 4.78 is 20.2. The van der Waals surface area contributed by atoms with E-state index in [1.54, 1.807) is 30.8 Å². The number of benzene rings is 1. The summed E-state index contributed by atoms with van der Waals surface area (Å²) in [6, 6.07) is 9.43. The second-order valence-electron chi connectivity index (χ2n) is 9.56. The highest BCUT2D eigenvalue weighted by Gasteiger charge is 2.30. The van der Waals surface area contributed by atoms with Crippen LogP contribution in [0.5, 0.6) is 0 Å². The van der Waals surface area contributed by atoms with Crippen LogP contribution < -0.4 is 15.2 Å². The molecule has 1 amide bonds. The molecule has 0 aliphatic heterocycles. The summed E-state index contributed by atoms with van der Waals surface area (Å²) in [6.45, 7) is 11.1. The van der Waals surface area contributed by atoms with E-state index in [1.807, 2.05) is 12.1 Å². The maximum Gasteiger partial charge on any atom is 0.341 e. The van der Waals surface area contributed by atoms with Gasteiger partial charge in [-0.1, -0.05) is 20.8 Å². The number of carbonyl (C=O) groups is 3. The van der Waals surface area contributed by atoms with Gasteiger partial charge in [0.05, 0.1) is 17.0 Å². The van der Waals surface area contributed by atoms with Gasteiger partial charge in [-0.05, 0) is 61.6 Å². The van der Waals surface area contributed by atoms with E-state index in [1.165, 1.54) is 31.2 Å². The van der Waals surface area contributed by atoms with E-state index >= 15 is 0 Å². The van der Waals surface area contributed by atoms with Crippen molar-refractivity contribution in [2.24, 2.45) is 0 Å². The summed E-state index contributed by atoms with van der Waals surface area (Å²) in [6.07, 6.45) is 3.48. The van der Waals surface area contributed by atoms with Crippen LogP contribution in [-0.4, -0.2) is 24.3 Å². The Labute approximate surface area is 231 Å². The van der Waals surface area contributed by atoms with Crippen LogP contribution in [0.1, 0.15) is 65.8 Å². The van der Waals surface area contributed by atoms with E-state index in [-0.39, 0.29) is 39.1 Å². The van der Waals surface area contributed by atoms with E-state index in [9.17, 15) is 18.8 Å². The van der Waals surface area contributed by atoms with Crippen molar-refractivity contribution in [1.29, 1.82) is 0 Å². The van der Waals surface area contributed by atoms with Gasteiger partial charge < -0.3 is 15.4 Å². The van der Waals surface area contributed by atoms with Crippen LogP contribution in [-0.2, 0) is 14.9 Å². The molecule has 0 unspecified atom stereocenters. The number of halogens is 1. The molecule has 0 saturated heterocycles. The van der Waals surface area contributed by atoms with Crippen molar-refractivity contribution < 1.29 is 28.1 Å². The van der Waals surface area contributed by atoms with E-state index in [2.05, 4.69) is 44.0 Å². The molecule has 0 saturated carbocycles. The summed E-state index contributed by atoms with van der Waals surface area (Å²) in [5, 5.41) is 6.19. The second kappa shape index (κ2) is 11.9. The molecule has 200 valence electrons. The predicted molar refractivity (Wildman–Crippen MR) is 151 cm³/mol. The Kier molecular flexibility index (Phi) is 9.11. The Balaban J connectivity index is 2.09. The molecule has 10 heteroatoms. The average Bonchev–Trinajstić information content (AvgIpc) is 3.16. The van der Waals surface area contributed by atoms with E-state index in [0.717, 1.165) is 16.9 Å². The van der Waals surface area contributed by atoms with Gasteiger partial charge in [0.1, 0.15) is 15.8 Å². The Hall–Kier alpha value is -3.50. The van der Waals surface area contributed by atoms with Crippen molar-refractivity contribution in [2.45, 2.75) is 47.0 Å². The maximum absolute atomic E-state index is 13.7. The number of hydrogen-bond acceptors (Lipinski definition) is 7. The fourth-order valence-corrected chi connectivity index (χ4v) is 5.13. The van der Waals surface area contributed by atoms with Crippen molar-refractivity contribution in [3.05, 3.63) is 81.2 Å². The minimum Gasteiger partial charge on any atom is -0.462 e. The molecule has 7 nitrogen and oxygen atoms in total. The van der Waals surface area contributed by atoms with Gasteiger partial charge in [-0.3, -0.25) is 9.59 Å². The lowest BCUT2D eigenvalue weighted by molar-refractivity contribution is -0.577. The van der Waals surface area contributed by atoms with Crippen LogP contribution in [0.2, 0.25) is 0 Å². The SMILES string of the molecule is CCOC(=O)c1c(NC(=O)/C(=C(/S)Nc2ccc(F)cc2)[n+]2ccc(C(C)(C)C)cc2)sc(C(C)=O)c1C. The highest BCUT2D eigenvalue weighted by Crippen LogP contribution is 2.34. The van der Waals surface area contributed by atoms with Crippen LogP contribution >= 0.6 is 24.0 Å². The first-order valence-corrected chi connectivity index (χ1v) is 13.2. The number of carbonyl (C=O) groups excluding carboxylic acids is 3. The number of anilines is 2. The van der Waals surface area contributed by atoms with E-state index in [4.69, 9.17) is 4.74 Å². The standard InChI is InChI=1S/C28H30FN3O4S2/c1-7-36-27(35)21-16(2)23(17(3)33)38-26(21)31-24(34)22(25(37)30-20-10-8-19(29)9-11-20)32-14-12-18(13-15-32)28(4,5)6/h8-15H,7H2,1-6H3,(H2-,30,31,33,34,35,37)/p+1. The molecular formula is C28H31FN3O4S2+. The van der Waals surface area contributed by atoms with Crippen LogP contribution in [0.4, 0.5) is 15.1 Å². The van der Waals surface area contributed by atoms with Gasteiger partial charge in [0.2, 0.25) is 0 Å². The topological polar surface area (TPSA) is 88.4 Å². The average molecular weight is 557 g/mol. The van der Waals surface area contributed by atoms with Crippen molar-refractivity contribution >= 4 is 58.0 Å². The summed E-state index contributed by atoms with van der Waals surface area (Å²) in [7, 11) is 0. The Morgan fingerprint density at radius 1 is 1.05 bits per heavy atom. The van der Waals surface area contributed by atoms with Crippen molar-refractivity contribution in [3.8, 4) is 0 Å². The molecule has 0 bridgehead atoms. The molecule has 3 rings (SSSR count). The first-order chi connectivity index (χ1) is 17.8. The van der Waals surface area contributed by atoms with Gasteiger partial charge in [0.25, 0.3) is 0 Å². The number of thiophene rings is 1. The summed E-state index contributed by atoms with van der Waals surface area (Å²) in [5.41, 5.74) is 2.17. The molecule has 38 heavy (non-hydrogen) atoms. The number of ketones is 1. The summed E-state index contributed by atoms with van der Waals surface area (Å²) in [4.78, 5) is 39.0. The molecule has 0 aliphatic rings. The van der Waals surface area contributed by atoms with Gasteiger partial charge in [-0.15, -0.1) is 24.0 Å². The van der Waals surface area contributed by atoms with Crippen molar-refractivity contribution in [3.63, 3.8) is 0 Å². The van der Waals surface area contributed by atoms with Crippen LogP contribution in [0.15, 0.2) is 53.8 Å². The van der Waals surface area contributed by atoms with Gasteiger partial charge in [-0.25, -0.2) is 9.18 Å². The first-order valence-electron chi connectivity index (χ1n) is 11.9. The Morgan fingerprint density at radius 2 is 1.66 bits per heavy atom. The number of ether oxygens (including phenoxy) is 1. The smallest absolute Gasteiger partial charge is 0.341 e. The number of esters is 1. The van der Waals surface area contributed by atoms with Gasteiger partial charge in [0, 0.05) is 17.8 Å². The zero-order valence-corrected chi connectivity index (χ0v) is 23.9. The van der Waals surface area contributed by atoms with Crippen molar-refractivity contribution in [1.82, 2.24) is 0 Å². The number of amides is 1. The Bertz CT molecular complexity index is 1390. The fourth-order valence-electron chi connectivity index (χ4n) is 3.70. The number of pyridine rings is 1. The van der Waals surface area contributed by atoms with E-state index in [0.29, 0.717) is 16.1 Å². The number of nitrogens with zero attached hydrogens (tertiary/aromatic N) is 1. The third-order valence-electron chi connectivity index (χ3n) is 5.67. The minimum absolute atomic E-state index is 0.104. The zero-order valence-electron chi connectivity index (χ0n) is 22.1. The summed E-state index contributed by atoms with van der Waals surface area (Å²) in [5.74, 6) is -1.84. The molecule has 2 N–H and O–H groups in total. The van der Waals surface area contributed by atoms with Gasteiger partial charge >= 0.3 is 17.6 Å². The molecule has 0 aliphatic carbocycles. The molecule has 1 aromatic carbocycles. The number of Topliss-reactive ketones (excluding diaryl/α,β-unsaturated/α-hetero) is 1. The summed E-state index contributed by atoms with van der Waals surface area (Å²) >= 11 is 5.58. The molecule has 0 fully saturated rings. The minimum atomic E-state index is -0.632. The molecule has 2 heterocycles. The van der Waals surface area contributed by atoms with E-state index < -0.39 is 17.7 Å². The lowest BCUT2D eigenvalue weighted by atomic mass is 9.88. The quantitative estimate of drug-likeness (QED) is 0.105. The maximum atomic E-state index is 13.7. The Morgan fingerprint density at radius 3 is 2.18 bits per heavy atom. The van der Waals surface area contributed by atoms with Gasteiger partial charge in [0.15, 0.2) is 18.2 Å². The largest absolute Gasteiger partial charge is 0.462 e. The first kappa shape index (κ1) is 29.1. The zero-order chi connectivity index (χ0) is 28.2. The monoisotopic (exact) mass is 556 g/mol. The van der Waals surface area contributed by atoms with Crippen LogP contribution in [0.25, 0.3) is 5.70 Å². The lowest BCUT2D eigenvalue weighted by Gasteiger charge is -2.17. The highest BCUT2D eigenvalue weighted by atomic mass is 32.1. The number of nitrogens with one attached hydrogen (secondary N) is 2. The van der Waals surface area contributed by atoms with Crippen LogP contribution in [0, 0.1) is 12.7 Å². The molecule has 0 radical (unpaired) electrons. The fraction of sp³-hybridized carbons (Fsp3) is 0.286. The highest BCUT2D eigenvalue weighted by molar-refractivity contribution is 7.84. The number of rotatable bonds is 8. The normalized spacial score (nSPS) is 12.0. The lowest BCUT2D eigenvalue weighted by Crippen LogP contribution is -2.40. The van der Waals surface area contributed by atoms with Crippen LogP contribution in [0.3, 0.4) is 0 Å². The second-order valence-corrected chi connectivity index (χ2v) is 11.0. The number of aromatic nitrogens is 1. The molecular weight excluding hydrogens is 525 g/mol. The molecule has 0 spiro atoms. The molecule has 2 aromatic heterocycles. The van der Waals surface area contributed by atoms with Crippen molar-refractivity contribution in [2.75, 3.05) is 17.2 Å². The predicted octanol–water partition coefficient (Wildman–Crippen LogP) is 5.97. The molecule has 0 atom stereocenters. The number of thiol groups is 1. The number of hydrogen-bond donors (Lipinski definition) is 3. The third-order valence-corrected chi connectivity index (χ3v) is 7.30. The van der Waals surface area contributed by atoms with Gasteiger partial charge in [-0.2, -0.15) is 4.57 Å². The third kappa shape index (κ3) is 6.68. The molecule has 3 aromatic rings.